The van der Waals surface area contributed by atoms with Gasteiger partial charge < -0.3 is 29.7 Å². The Bertz CT molecular complexity index is 1360. The van der Waals surface area contributed by atoms with Crippen molar-refractivity contribution in [1.82, 2.24) is 10.2 Å². The summed E-state index contributed by atoms with van der Waals surface area (Å²) in [6.07, 6.45) is -5.30. The molecule has 8 nitrogen and oxygen atoms in total. The van der Waals surface area contributed by atoms with Crippen LogP contribution in [-0.4, -0.2) is 42.8 Å². The predicted octanol–water partition coefficient (Wildman–Crippen LogP) is 7.51. The van der Waals surface area contributed by atoms with E-state index in [0.717, 1.165) is 23.8 Å². The lowest BCUT2D eigenvalue weighted by Crippen LogP contribution is -2.41. The monoisotopic (exact) mass is 607 g/mol. The van der Waals surface area contributed by atoms with Gasteiger partial charge in [-0.1, -0.05) is 48.0 Å². The van der Waals surface area contributed by atoms with E-state index in [2.05, 4.69) is 10.6 Å². The molecule has 0 saturated carbocycles. The minimum Gasteiger partial charge on any atom is -0.493 e. The first-order valence-corrected chi connectivity index (χ1v) is 13.4. The number of rotatable bonds is 10. The minimum absolute atomic E-state index is 0.00374. The summed E-state index contributed by atoms with van der Waals surface area (Å²) in [6, 6.07) is 16.6. The number of alkyl halides is 3. The number of carbonyl (C=O) groups is 2. The second-order valence-electron chi connectivity index (χ2n) is 10.2. The molecule has 42 heavy (non-hydrogen) atoms. The maximum absolute atomic E-state index is 13.3. The highest BCUT2D eigenvalue weighted by atomic mass is 35.5. The molecule has 2 N–H and O–H groups in total. The number of benzene rings is 3. The van der Waals surface area contributed by atoms with Gasteiger partial charge in [-0.3, -0.25) is 0 Å². The van der Waals surface area contributed by atoms with Crippen LogP contribution in [0, 0.1) is 0 Å². The highest BCUT2D eigenvalue weighted by molar-refractivity contribution is 6.33. The van der Waals surface area contributed by atoms with Crippen LogP contribution >= 0.6 is 11.6 Å². The average Bonchev–Trinajstić information content (AvgIpc) is 2.91. The summed E-state index contributed by atoms with van der Waals surface area (Å²) in [5.41, 5.74) is -0.277. The van der Waals surface area contributed by atoms with Crippen molar-refractivity contribution in [1.29, 1.82) is 0 Å². The molecule has 0 aliphatic rings. The van der Waals surface area contributed by atoms with Gasteiger partial charge in [0, 0.05) is 19.6 Å². The Morgan fingerprint density at radius 1 is 0.929 bits per heavy atom. The Hall–Kier alpha value is -4.12. The molecule has 0 saturated heterocycles. The van der Waals surface area contributed by atoms with Gasteiger partial charge in [0.15, 0.2) is 11.5 Å². The molecule has 0 radical (unpaired) electrons. The molecule has 0 spiro atoms. The van der Waals surface area contributed by atoms with Gasteiger partial charge in [-0.25, -0.2) is 9.59 Å². The van der Waals surface area contributed by atoms with Crippen molar-refractivity contribution in [3.63, 3.8) is 0 Å². The first-order valence-electron chi connectivity index (χ1n) is 13.0. The molecular weight excluding hydrogens is 575 g/mol. The van der Waals surface area contributed by atoms with E-state index in [1.54, 1.807) is 39.0 Å². The highest BCUT2D eigenvalue weighted by Crippen LogP contribution is 2.34. The van der Waals surface area contributed by atoms with Crippen molar-refractivity contribution in [3.8, 4) is 11.5 Å². The molecule has 226 valence electrons. The largest absolute Gasteiger partial charge is 0.493 e. The smallest absolute Gasteiger partial charge is 0.416 e. The molecule has 0 atom stereocenters. The Kier molecular flexibility index (Phi) is 10.9. The Morgan fingerprint density at radius 3 is 2.29 bits per heavy atom. The number of halogens is 4. The number of alkyl carbamates (subject to hydrolysis) is 1. The third kappa shape index (κ3) is 10.1. The standard InChI is InChI=1S/C30H33ClF3N3O5/c1-29(2,3)42-28(39)35-14-15-37(27(38)36-24-17-22(30(32,33)34)11-12-23(24)31)18-21-10-13-25(26(16-21)40-4)41-19-20-8-6-5-7-9-20/h5-13,16-17H,14-15,18-19H2,1-4H3,(H,35,39)(H,36,38). The second kappa shape index (κ2) is 14.2. The third-order valence-corrected chi connectivity index (χ3v) is 6.04. The number of carbonyl (C=O) groups excluding carboxylic acids is 2. The zero-order valence-corrected chi connectivity index (χ0v) is 24.4. The summed E-state index contributed by atoms with van der Waals surface area (Å²) in [5, 5.41) is 4.96. The number of hydrogen-bond donors (Lipinski definition) is 2. The van der Waals surface area contributed by atoms with E-state index < -0.39 is 29.5 Å². The van der Waals surface area contributed by atoms with Crippen LogP contribution in [0.4, 0.5) is 28.4 Å². The van der Waals surface area contributed by atoms with Crippen molar-refractivity contribution < 1.29 is 37.0 Å². The topological polar surface area (TPSA) is 89.1 Å². The summed E-state index contributed by atoms with van der Waals surface area (Å²) in [5.74, 6) is 0.917. The van der Waals surface area contributed by atoms with Gasteiger partial charge >= 0.3 is 18.3 Å². The first-order chi connectivity index (χ1) is 19.7. The summed E-state index contributed by atoms with van der Waals surface area (Å²) in [4.78, 5) is 26.7. The lowest BCUT2D eigenvalue weighted by Gasteiger charge is -2.25. The van der Waals surface area contributed by atoms with Crippen molar-refractivity contribution in [2.45, 2.75) is 45.7 Å². The van der Waals surface area contributed by atoms with E-state index in [-0.39, 0.29) is 30.3 Å². The van der Waals surface area contributed by atoms with E-state index in [9.17, 15) is 22.8 Å². The van der Waals surface area contributed by atoms with Crippen molar-refractivity contribution >= 4 is 29.4 Å². The quantitative estimate of drug-likeness (QED) is 0.249. The van der Waals surface area contributed by atoms with E-state index in [0.29, 0.717) is 23.7 Å². The summed E-state index contributed by atoms with van der Waals surface area (Å²) < 4.78 is 56.4. The number of nitrogens with zero attached hydrogens (tertiary/aromatic N) is 1. The fourth-order valence-corrected chi connectivity index (χ4v) is 3.90. The van der Waals surface area contributed by atoms with Gasteiger partial charge in [-0.05, 0) is 62.2 Å². The first kappa shape index (κ1) is 32.4. The van der Waals surface area contributed by atoms with Gasteiger partial charge in [0.05, 0.1) is 23.4 Å². The van der Waals surface area contributed by atoms with E-state index >= 15 is 0 Å². The molecule has 0 heterocycles. The van der Waals surface area contributed by atoms with Crippen LogP contribution in [-0.2, 0) is 24.1 Å². The van der Waals surface area contributed by atoms with Gasteiger partial charge in [0.2, 0.25) is 0 Å². The summed E-state index contributed by atoms with van der Waals surface area (Å²) in [6.45, 7) is 5.49. The average molecular weight is 608 g/mol. The maximum atomic E-state index is 13.3. The number of methoxy groups -OCH3 is 1. The SMILES string of the molecule is COc1cc(CN(CCNC(=O)OC(C)(C)C)C(=O)Nc2cc(C(F)(F)F)ccc2Cl)ccc1OCc1ccccc1. The molecule has 0 aliphatic heterocycles. The number of nitrogens with one attached hydrogen (secondary N) is 2. The van der Waals surface area contributed by atoms with Crippen LogP contribution in [0.2, 0.25) is 5.02 Å². The van der Waals surface area contributed by atoms with Gasteiger partial charge in [-0.15, -0.1) is 0 Å². The Morgan fingerprint density at radius 2 is 1.64 bits per heavy atom. The maximum Gasteiger partial charge on any atom is 0.416 e. The predicted molar refractivity (Wildman–Crippen MR) is 154 cm³/mol. The lowest BCUT2D eigenvalue weighted by molar-refractivity contribution is -0.137. The molecule has 0 unspecified atom stereocenters. The highest BCUT2D eigenvalue weighted by Gasteiger charge is 2.31. The molecule has 3 aromatic carbocycles. The van der Waals surface area contributed by atoms with Gasteiger partial charge in [0.1, 0.15) is 12.2 Å². The second-order valence-corrected chi connectivity index (χ2v) is 10.6. The lowest BCUT2D eigenvalue weighted by atomic mass is 10.1. The van der Waals surface area contributed by atoms with Crippen LogP contribution < -0.4 is 20.1 Å². The van der Waals surface area contributed by atoms with Gasteiger partial charge in [0.25, 0.3) is 0 Å². The van der Waals surface area contributed by atoms with Crippen molar-refractivity contribution in [3.05, 3.63) is 88.4 Å². The van der Waals surface area contributed by atoms with E-state index in [1.165, 1.54) is 12.0 Å². The molecule has 0 aliphatic carbocycles. The van der Waals surface area contributed by atoms with Crippen LogP contribution in [0.1, 0.15) is 37.5 Å². The fraction of sp³-hybridized carbons (Fsp3) is 0.333. The Balaban J connectivity index is 1.78. The van der Waals surface area contributed by atoms with E-state index in [1.807, 2.05) is 30.3 Å². The fourth-order valence-electron chi connectivity index (χ4n) is 3.74. The number of amides is 3. The van der Waals surface area contributed by atoms with Crippen molar-refractivity contribution in [2.75, 3.05) is 25.5 Å². The molecule has 12 heteroatoms. The molecule has 0 aromatic heterocycles. The zero-order valence-electron chi connectivity index (χ0n) is 23.7. The third-order valence-electron chi connectivity index (χ3n) is 5.71. The van der Waals surface area contributed by atoms with Crippen LogP contribution in [0.25, 0.3) is 0 Å². The Labute approximate surface area is 247 Å². The summed E-state index contributed by atoms with van der Waals surface area (Å²) in [7, 11) is 1.49. The molecule has 3 aromatic rings. The normalized spacial score (nSPS) is 11.4. The van der Waals surface area contributed by atoms with Gasteiger partial charge in [-0.2, -0.15) is 13.2 Å². The number of anilines is 1. The minimum atomic E-state index is -4.62. The summed E-state index contributed by atoms with van der Waals surface area (Å²) >= 11 is 6.09. The number of hydrogen-bond acceptors (Lipinski definition) is 5. The molecule has 3 amide bonds. The van der Waals surface area contributed by atoms with E-state index in [4.69, 9.17) is 25.8 Å². The zero-order chi connectivity index (χ0) is 30.9. The molecule has 0 fully saturated rings. The van der Waals surface area contributed by atoms with Crippen LogP contribution in [0.5, 0.6) is 11.5 Å². The number of urea groups is 1. The number of ether oxygens (including phenoxy) is 3. The van der Waals surface area contributed by atoms with Crippen LogP contribution in [0.15, 0.2) is 66.7 Å². The molecule has 0 bridgehead atoms. The van der Waals surface area contributed by atoms with Crippen molar-refractivity contribution in [2.24, 2.45) is 0 Å². The molecule has 3 rings (SSSR count). The molecular formula is C30H33ClF3N3O5. The van der Waals surface area contributed by atoms with Crippen LogP contribution in [0.3, 0.4) is 0 Å².